The summed E-state index contributed by atoms with van der Waals surface area (Å²) in [4.78, 5) is 16.5. The van der Waals surface area contributed by atoms with E-state index in [9.17, 15) is 13.2 Å². The van der Waals surface area contributed by atoms with Gasteiger partial charge in [0.1, 0.15) is 6.54 Å². The van der Waals surface area contributed by atoms with Crippen molar-refractivity contribution in [1.29, 1.82) is 0 Å². The molecule has 0 unspecified atom stereocenters. The fourth-order valence-corrected chi connectivity index (χ4v) is 4.35. The number of halogens is 1. The molecule has 3 rings (SSSR count). The molecule has 2 aromatic carbocycles. The third-order valence-corrected chi connectivity index (χ3v) is 6.40. The Kier molecular flexibility index (Phi) is 6.81. The minimum Gasteiger partial charge on any atom is -0.271 e. The van der Waals surface area contributed by atoms with Gasteiger partial charge in [0.15, 0.2) is 0 Å². The van der Waals surface area contributed by atoms with E-state index in [0.717, 1.165) is 4.31 Å². The molecule has 1 heterocycles. The predicted molar refractivity (Wildman–Crippen MR) is 117 cm³/mol. The number of anilines is 1. The largest absolute Gasteiger partial charge is 0.271 e. The van der Waals surface area contributed by atoms with Crippen molar-refractivity contribution in [3.05, 3.63) is 89.2 Å². The van der Waals surface area contributed by atoms with E-state index in [0.29, 0.717) is 21.8 Å². The van der Waals surface area contributed by atoms with Gasteiger partial charge in [0.25, 0.3) is 15.9 Å². The highest BCUT2D eigenvalue weighted by Crippen LogP contribution is 2.30. The average Bonchev–Trinajstić information content (AvgIpc) is 2.75. The SMILES string of the molecule is Cc1c(Cl)cccc1N(CC(=O)N/N=C\c1cccnc1)S(=O)(=O)c1ccccc1. The molecule has 0 saturated carbocycles. The van der Waals surface area contributed by atoms with Crippen LogP contribution >= 0.6 is 11.6 Å². The van der Waals surface area contributed by atoms with E-state index in [1.54, 1.807) is 67.8 Å². The number of hydrogen-bond donors (Lipinski definition) is 1. The van der Waals surface area contributed by atoms with Gasteiger partial charge in [-0.25, -0.2) is 13.8 Å². The molecule has 0 fully saturated rings. The van der Waals surface area contributed by atoms with Gasteiger partial charge in [0.05, 0.1) is 16.8 Å². The molecule has 7 nitrogen and oxygen atoms in total. The van der Waals surface area contributed by atoms with Crippen LogP contribution in [0, 0.1) is 6.92 Å². The quantitative estimate of drug-likeness (QED) is 0.448. The number of nitrogens with one attached hydrogen (secondary N) is 1. The summed E-state index contributed by atoms with van der Waals surface area (Å²) in [7, 11) is -4.01. The molecule has 0 saturated heterocycles. The molecule has 0 spiro atoms. The van der Waals surface area contributed by atoms with Gasteiger partial charge in [-0.15, -0.1) is 0 Å². The zero-order chi connectivity index (χ0) is 21.6. The summed E-state index contributed by atoms with van der Waals surface area (Å²) in [6.45, 7) is 1.23. The first kappa shape index (κ1) is 21.5. The van der Waals surface area contributed by atoms with Crippen molar-refractivity contribution in [2.45, 2.75) is 11.8 Å². The first-order chi connectivity index (χ1) is 14.4. The molecule has 1 aromatic heterocycles. The first-order valence-corrected chi connectivity index (χ1v) is 10.8. The predicted octanol–water partition coefficient (Wildman–Crippen LogP) is 3.39. The third-order valence-electron chi connectivity index (χ3n) is 4.21. The van der Waals surface area contributed by atoms with E-state index in [1.165, 1.54) is 18.3 Å². The monoisotopic (exact) mass is 442 g/mol. The van der Waals surface area contributed by atoms with Gasteiger partial charge >= 0.3 is 0 Å². The molecular weight excluding hydrogens is 424 g/mol. The van der Waals surface area contributed by atoms with E-state index in [2.05, 4.69) is 15.5 Å². The molecular formula is C21H19ClN4O3S. The Morgan fingerprint density at radius 2 is 1.90 bits per heavy atom. The van der Waals surface area contributed by atoms with Gasteiger partial charge in [-0.1, -0.05) is 41.9 Å². The number of aromatic nitrogens is 1. The number of carbonyl (C=O) groups excluding carboxylic acids is 1. The fourth-order valence-electron chi connectivity index (χ4n) is 2.68. The fraction of sp³-hybridized carbons (Fsp3) is 0.0952. The molecule has 0 aliphatic carbocycles. The second-order valence-electron chi connectivity index (χ2n) is 6.29. The maximum atomic E-state index is 13.3. The molecule has 0 aliphatic heterocycles. The molecule has 154 valence electrons. The van der Waals surface area contributed by atoms with Crippen LogP contribution in [0.1, 0.15) is 11.1 Å². The van der Waals surface area contributed by atoms with Crippen molar-refractivity contribution in [3.63, 3.8) is 0 Å². The zero-order valence-electron chi connectivity index (χ0n) is 16.1. The lowest BCUT2D eigenvalue weighted by atomic mass is 10.2. The lowest BCUT2D eigenvalue weighted by Gasteiger charge is -2.25. The molecule has 0 aliphatic rings. The van der Waals surface area contributed by atoms with Crippen LogP contribution in [0.4, 0.5) is 5.69 Å². The Labute approximate surface area is 180 Å². The Hall–Kier alpha value is -3.23. The third kappa shape index (κ3) is 5.03. The normalized spacial score (nSPS) is 11.4. The highest BCUT2D eigenvalue weighted by atomic mass is 35.5. The van der Waals surface area contributed by atoms with Crippen molar-refractivity contribution >= 4 is 39.4 Å². The smallest absolute Gasteiger partial charge is 0.264 e. The van der Waals surface area contributed by atoms with Gasteiger partial charge in [0.2, 0.25) is 0 Å². The lowest BCUT2D eigenvalue weighted by molar-refractivity contribution is -0.119. The second kappa shape index (κ2) is 9.51. The Morgan fingerprint density at radius 3 is 2.60 bits per heavy atom. The number of nitrogens with zero attached hydrogens (tertiary/aromatic N) is 3. The van der Waals surface area contributed by atoms with Gasteiger partial charge in [-0.2, -0.15) is 5.10 Å². The number of rotatable bonds is 7. The van der Waals surface area contributed by atoms with Crippen LogP contribution in [-0.2, 0) is 14.8 Å². The summed E-state index contributed by atoms with van der Waals surface area (Å²) in [5.41, 5.74) is 3.91. The van der Waals surface area contributed by atoms with Crippen LogP contribution in [0.3, 0.4) is 0 Å². The number of amides is 1. The number of hydrogen-bond acceptors (Lipinski definition) is 5. The first-order valence-electron chi connectivity index (χ1n) is 8.94. The van der Waals surface area contributed by atoms with Gasteiger partial charge < -0.3 is 0 Å². The maximum absolute atomic E-state index is 13.3. The standard InChI is InChI=1S/C21H19ClN4O3S/c1-16-19(22)10-5-11-20(16)26(30(28,29)18-8-3-2-4-9-18)15-21(27)25-24-14-17-7-6-12-23-13-17/h2-14H,15H2,1H3,(H,25,27)/b24-14-. The Bertz CT molecular complexity index is 1150. The van der Waals surface area contributed by atoms with Crippen molar-refractivity contribution in [1.82, 2.24) is 10.4 Å². The van der Waals surface area contributed by atoms with Crippen LogP contribution in [0.2, 0.25) is 5.02 Å². The molecule has 0 radical (unpaired) electrons. The Morgan fingerprint density at radius 1 is 1.13 bits per heavy atom. The van der Waals surface area contributed by atoms with E-state index in [-0.39, 0.29) is 4.90 Å². The highest BCUT2D eigenvalue weighted by molar-refractivity contribution is 7.92. The van der Waals surface area contributed by atoms with Crippen molar-refractivity contribution in [2.75, 3.05) is 10.8 Å². The minimum atomic E-state index is -4.01. The second-order valence-corrected chi connectivity index (χ2v) is 8.56. The minimum absolute atomic E-state index is 0.0658. The van der Waals surface area contributed by atoms with Crippen LogP contribution in [0.5, 0.6) is 0 Å². The molecule has 30 heavy (non-hydrogen) atoms. The summed E-state index contributed by atoms with van der Waals surface area (Å²) in [6.07, 6.45) is 4.62. The molecule has 3 aromatic rings. The molecule has 1 amide bonds. The molecule has 1 N–H and O–H groups in total. The van der Waals surface area contributed by atoms with Crippen molar-refractivity contribution in [2.24, 2.45) is 5.10 Å². The van der Waals surface area contributed by atoms with Crippen molar-refractivity contribution < 1.29 is 13.2 Å². The van der Waals surface area contributed by atoms with Crippen LogP contribution < -0.4 is 9.73 Å². The van der Waals surface area contributed by atoms with Gasteiger partial charge in [0, 0.05) is 23.0 Å². The molecule has 0 atom stereocenters. The molecule has 0 bridgehead atoms. The summed E-state index contributed by atoms with van der Waals surface area (Å²) in [5, 5.41) is 4.27. The van der Waals surface area contributed by atoms with Crippen molar-refractivity contribution in [3.8, 4) is 0 Å². The van der Waals surface area contributed by atoms with Gasteiger partial charge in [-0.05, 0) is 42.8 Å². The number of benzene rings is 2. The number of hydrazone groups is 1. The summed E-state index contributed by atoms with van der Waals surface area (Å²) in [6, 6.07) is 16.3. The van der Waals surface area contributed by atoms with Crippen LogP contribution in [-0.4, -0.2) is 32.1 Å². The molecule has 9 heteroatoms. The Balaban J connectivity index is 1.89. The number of carbonyl (C=O) groups is 1. The number of sulfonamides is 1. The van der Waals surface area contributed by atoms with Gasteiger partial charge in [-0.3, -0.25) is 14.1 Å². The average molecular weight is 443 g/mol. The topological polar surface area (TPSA) is 91.7 Å². The van der Waals surface area contributed by atoms with E-state index in [1.807, 2.05) is 0 Å². The zero-order valence-corrected chi connectivity index (χ0v) is 17.6. The van der Waals surface area contributed by atoms with E-state index in [4.69, 9.17) is 11.6 Å². The van der Waals surface area contributed by atoms with E-state index < -0.39 is 22.5 Å². The summed E-state index contributed by atoms with van der Waals surface area (Å²) in [5.74, 6) is -0.603. The van der Waals surface area contributed by atoms with Crippen LogP contribution in [0.15, 0.2) is 83.1 Å². The summed E-state index contributed by atoms with van der Waals surface area (Å²) >= 11 is 6.19. The highest BCUT2D eigenvalue weighted by Gasteiger charge is 2.28. The van der Waals surface area contributed by atoms with Crippen LogP contribution in [0.25, 0.3) is 0 Å². The maximum Gasteiger partial charge on any atom is 0.264 e. The lowest BCUT2D eigenvalue weighted by Crippen LogP contribution is -2.40. The number of pyridine rings is 1. The van der Waals surface area contributed by atoms with E-state index >= 15 is 0 Å². The summed E-state index contributed by atoms with van der Waals surface area (Å²) < 4.78 is 27.6.